The highest BCUT2D eigenvalue weighted by molar-refractivity contribution is 7.90. The van der Waals surface area contributed by atoms with Gasteiger partial charge in [0.15, 0.2) is 0 Å². The molecule has 1 aromatic rings. The maximum atomic E-state index is 12.0. The number of nitrogens with one attached hydrogen (secondary N) is 1. The molecule has 0 aliphatic heterocycles. The minimum Gasteiger partial charge on any atom is -0.348 e. The van der Waals surface area contributed by atoms with Gasteiger partial charge in [0.2, 0.25) is 5.91 Å². The van der Waals surface area contributed by atoms with Gasteiger partial charge in [0.05, 0.1) is 17.8 Å². The van der Waals surface area contributed by atoms with Gasteiger partial charge >= 0.3 is 0 Å². The van der Waals surface area contributed by atoms with E-state index in [0.717, 1.165) is 22.9 Å². The second kappa shape index (κ2) is 8.50. The Morgan fingerprint density at radius 3 is 2.18 bits per heavy atom. The van der Waals surface area contributed by atoms with Crippen molar-refractivity contribution in [2.75, 3.05) is 12.0 Å². The number of hydrogen-bond donors (Lipinski definition) is 2. The zero-order chi connectivity index (χ0) is 16.2. The van der Waals surface area contributed by atoms with Crippen LogP contribution in [-0.2, 0) is 14.6 Å². The summed E-state index contributed by atoms with van der Waals surface area (Å²) in [4.78, 5) is 12.0. The molecule has 3 N–H and O–H groups in total. The van der Waals surface area contributed by atoms with Crippen LogP contribution in [0.15, 0.2) is 18.2 Å². The molecule has 0 spiro atoms. The standard InChI is InChI=1S/C15H24N2O3S.ClH/c1-10-7-11(2)9-13(8-10)12(3)17-15(18)14(16)5-6-21(4,19)20;/h7-9,12,14H,5-6,16H2,1-4H3,(H,17,18);1H. The van der Waals surface area contributed by atoms with Crippen molar-refractivity contribution in [2.45, 2.75) is 39.3 Å². The molecule has 0 bridgehead atoms. The van der Waals surface area contributed by atoms with E-state index in [9.17, 15) is 13.2 Å². The molecule has 1 amide bonds. The quantitative estimate of drug-likeness (QED) is 0.818. The Labute approximate surface area is 139 Å². The number of rotatable bonds is 6. The second-order valence-electron chi connectivity index (χ2n) is 5.68. The molecule has 0 saturated heterocycles. The first kappa shape index (κ1) is 20.9. The Balaban J connectivity index is 0.00000441. The largest absolute Gasteiger partial charge is 0.348 e. The molecule has 7 heteroatoms. The maximum Gasteiger partial charge on any atom is 0.237 e. The van der Waals surface area contributed by atoms with Crippen molar-refractivity contribution < 1.29 is 13.2 Å². The molecule has 126 valence electrons. The summed E-state index contributed by atoms with van der Waals surface area (Å²) in [6.07, 6.45) is 1.26. The van der Waals surface area contributed by atoms with Crippen LogP contribution in [0.4, 0.5) is 0 Å². The molecule has 22 heavy (non-hydrogen) atoms. The number of nitrogens with two attached hydrogens (primary N) is 1. The highest BCUT2D eigenvalue weighted by Crippen LogP contribution is 2.16. The summed E-state index contributed by atoms with van der Waals surface area (Å²) in [5, 5.41) is 2.83. The third-order valence-electron chi connectivity index (χ3n) is 3.24. The van der Waals surface area contributed by atoms with Gasteiger partial charge in [-0.2, -0.15) is 0 Å². The van der Waals surface area contributed by atoms with E-state index >= 15 is 0 Å². The number of halogens is 1. The lowest BCUT2D eigenvalue weighted by Gasteiger charge is -2.18. The molecule has 2 atom stereocenters. The van der Waals surface area contributed by atoms with Crippen LogP contribution < -0.4 is 11.1 Å². The number of carbonyl (C=O) groups excluding carboxylic acids is 1. The third-order valence-corrected chi connectivity index (χ3v) is 4.22. The highest BCUT2D eigenvalue weighted by Gasteiger charge is 2.18. The van der Waals surface area contributed by atoms with Gasteiger partial charge in [0.25, 0.3) is 0 Å². The third kappa shape index (κ3) is 7.24. The number of aryl methyl sites for hydroxylation is 2. The lowest BCUT2D eigenvalue weighted by atomic mass is 10.0. The van der Waals surface area contributed by atoms with Crippen LogP contribution in [0, 0.1) is 13.8 Å². The Morgan fingerprint density at radius 1 is 1.23 bits per heavy atom. The Bertz CT molecular complexity index is 597. The molecule has 0 radical (unpaired) electrons. The number of amides is 1. The van der Waals surface area contributed by atoms with Gasteiger partial charge in [-0.15, -0.1) is 12.4 Å². The van der Waals surface area contributed by atoms with E-state index in [2.05, 4.69) is 11.4 Å². The highest BCUT2D eigenvalue weighted by atomic mass is 35.5. The first-order valence-corrected chi connectivity index (χ1v) is 8.96. The van der Waals surface area contributed by atoms with Gasteiger partial charge in [0, 0.05) is 6.26 Å². The van der Waals surface area contributed by atoms with Crippen LogP contribution in [0.3, 0.4) is 0 Å². The van der Waals surface area contributed by atoms with Gasteiger partial charge in [-0.05, 0) is 32.8 Å². The van der Waals surface area contributed by atoms with Gasteiger partial charge in [-0.25, -0.2) is 8.42 Å². The van der Waals surface area contributed by atoms with E-state index in [1.54, 1.807) is 0 Å². The molecular formula is C15H25ClN2O3S. The van der Waals surface area contributed by atoms with Gasteiger partial charge in [-0.3, -0.25) is 4.79 Å². The summed E-state index contributed by atoms with van der Waals surface area (Å²) >= 11 is 0. The summed E-state index contributed by atoms with van der Waals surface area (Å²) < 4.78 is 22.2. The van der Waals surface area contributed by atoms with Crippen LogP contribution in [-0.4, -0.2) is 32.4 Å². The fourth-order valence-electron chi connectivity index (χ4n) is 2.14. The van der Waals surface area contributed by atoms with Gasteiger partial charge in [-0.1, -0.05) is 29.3 Å². The number of hydrogen-bond acceptors (Lipinski definition) is 4. The van der Waals surface area contributed by atoms with Crippen molar-refractivity contribution in [3.63, 3.8) is 0 Å². The maximum absolute atomic E-state index is 12.0. The van der Waals surface area contributed by atoms with Crippen molar-refractivity contribution in [3.05, 3.63) is 34.9 Å². The molecule has 0 saturated carbocycles. The molecule has 0 aliphatic carbocycles. The Kier molecular flexibility index (Phi) is 8.07. The molecule has 1 aromatic carbocycles. The number of sulfone groups is 1. The first-order chi connectivity index (χ1) is 9.58. The molecule has 1 rings (SSSR count). The minimum atomic E-state index is -3.10. The van der Waals surface area contributed by atoms with Crippen molar-refractivity contribution in [1.29, 1.82) is 0 Å². The van der Waals surface area contributed by atoms with E-state index in [0.29, 0.717) is 0 Å². The van der Waals surface area contributed by atoms with Crippen LogP contribution >= 0.6 is 12.4 Å². The minimum absolute atomic E-state index is 0. The van der Waals surface area contributed by atoms with Gasteiger partial charge < -0.3 is 11.1 Å². The summed E-state index contributed by atoms with van der Waals surface area (Å²) in [5.41, 5.74) is 9.01. The van der Waals surface area contributed by atoms with Crippen molar-refractivity contribution in [2.24, 2.45) is 5.73 Å². The SMILES string of the molecule is Cc1cc(C)cc(C(C)NC(=O)C(N)CCS(C)(=O)=O)c1.Cl. The fraction of sp³-hybridized carbons (Fsp3) is 0.533. The van der Waals surface area contributed by atoms with Crippen LogP contribution in [0.2, 0.25) is 0 Å². The summed E-state index contributed by atoms with van der Waals surface area (Å²) in [5.74, 6) is -0.412. The number of carbonyl (C=O) groups is 1. The van der Waals surface area contributed by atoms with Crippen molar-refractivity contribution in [1.82, 2.24) is 5.32 Å². The van der Waals surface area contributed by atoms with Crippen LogP contribution in [0.5, 0.6) is 0 Å². The fourth-order valence-corrected chi connectivity index (χ4v) is 2.82. The molecule has 0 fully saturated rings. The van der Waals surface area contributed by atoms with Crippen molar-refractivity contribution in [3.8, 4) is 0 Å². The second-order valence-corrected chi connectivity index (χ2v) is 7.94. The van der Waals surface area contributed by atoms with Crippen molar-refractivity contribution >= 4 is 28.2 Å². The van der Waals surface area contributed by atoms with Gasteiger partial charge in [0.1, 0.15) is 9.84 Å². The molecule has 5 nitrogen and oxygen atoms in total. The Morgan fingerprint density at radius 2 is 1.73 bits per heavy atom. The zero-order valence-electron chi connectivity index (χ0n) is 13.4. The smallest absolute Gasteiger partial charge is 0.237 e. The predicted octanol–water partition coefficient (Wildman–Crippen LogP) is 1.66. The molecule has 0 aromatic heterocycles. The zero-order valence-corrected chi connectivity index (χ0v) is 15.1. The predicted molar refractivity (Wildman–Crippen MR) is 92.0 cm³/mol. The van der Waals surface area contributed by atoms with E-state index in [1.165, 1.54) is 0 Å². The molecule has 0 heterocycles. The topological polar surface area (TPSA) is 89.3 Å². The summed E-state index contributed by atoms with van der Waals surface area (Å²) in [6.45, 7) is 5.89. The van der Waals surface area contributed by atoms with E-state index in [4.69, 9.17) is 5.73 Å². The lowest BCUT2D eigenvalue weighted by molar-refractivity contribution is -0.123. The summed E-state index contributed by atoms with van der Waals surface area (Å²) in [7, 11) is -3.10. The number of benzene rings is 1. The normalized spacial score (nSPS) is 13.9. The average Bonchev–Trinajstić information content (AvgIpc) is 2.33. The van der Waals surface area contributed by atoms with E-state index < -0.39 is 15.9 Å². The van der Waals surface area contributed by atoms with Crippen LogP contribution in [0.1, 0.15) is 36.1 Å². The Hall–Kier alpha value is -1.11. The monoisotopic (exact) mass is 348 g/mol. The van der Waals surface area contributed by atoms with E-state index in [1.807, 2.05) is 32.9 Å². The summed E-state index contributed by atoms with van der Waals surface area (Å²) in [6, 6.07) is 5.11. The first-order valence-electron chi connectivity index (χ1n) is 6.90. The molecule has 0 aliphatic rings. The lowest BCUT2D eigenvalue weighted by Crippen LogP contribution is -2.42. The van der Waals surface area contributed by atoms with E-state index in [-0.39, 0.29) is 36.5 Å². The average molecular weight is 349 g/mol. The molecular weight excluding hydrogens is 324 g/mol. The molecule has 2 unspecified atom stereocenters. The van der Waals surface area contributed by atoms with Crippen LogP contribution in [0.25, 0.3) is 0 Å².